The Morgan fingerprint density at radius 1 is 1.37 bits per heavy atom. The summed E-state index contributed by atoms with van der Waals surface area (Å²) in [6, 6.07) is 7.26. The first kappa shape index (κ1) is 13.8. The van der Waals surface area contributed by atoms with Crippen molar-refractivity contribution in [1.82, 2.24) is 4.98 Å². The van der Waals surface area contributed by atoms with Gasteiger partial charge in [0.25, 0.3) is 0 Å². The molecule has 0 aliphatic heterocycles. The Bertz CT molecular complexity index is 613. The van der Waals surface area contributed by atoms with Crippen molar-refractivity contribution in [2.75, 3.05) is 13.7 Å². The van der Waals surface area contributed by atoms with E-state index in [2.05, 4.69) is 20.9 Å². The quantitative estimate of drug-likeness (QED) is 0.807. The molecule has 0 amide bonds. The molecule has 0 bridgehead atoms. The van der Waals surface area contributed by atoms with Crippen molar-refractivity contribution >= 4 is 32.8 Å². The highest BCUT2D eigenvalue weighted by atomic mass is 79.9. The van der Waals surface area contributed by atoms with Gasteiger partial charge >= 0.3 is 5.97 Å². The van der Waals surface area contributed by atoms with E-state index in [1.54, 1.807) is 6.07 Å². The fourth-order valence-electron chi connectivity index (χ4n) is 1.71. The van der Waals surface area contributed by atoms with Crippen molar-refractivity contribution in [3.63, 3.8) is 0 Å². The second kappa shape index (κ2) is 6.02. The molecule has 0 aliphatic carbocycles. The minimum absolute atomic E-state index is 0.253. The van der Waals surface area contributed by atoms with Gasteiger partial charge in [-0.15, -0.1) is 0 Å². The Kier molecular flexibility index (Phi) is 4.37. The molecule has 0 saturated carbocycles. The monoisotopic (exact) mass is 323 g/mol. The van der Waals surface area contributed by atoms with Crippen LogP contribution in [0.1, 0.15) is 23.8 Å². The number of esters is 1. The number of ether oxygens (including phenoxy) is 2. The molecule has 0 spiro atoms. The van der Waals surface area contributed by atoms with Gasteiger partial charge in [0.2, 0.25) is 0 Å². The van der Waals surface area contributed by atoms with Crippen LogP contribution in [0.3, 0.4) is 0 Å². The third kappa shape index (κ3) is 3.04. The van der Waals surface area contributed by atoms with Gasteiger partial charge in [-0.1, -0.05) is 22.9 Å². The summed E-state index contributed by atoms with van der Waals surface area (Å²) in [5.41, 5.74) is 0.959. The van der Waals surface area contributed by atoms with Gasteiger partial charge in [0, 0.05) is 15.9 Å². The van der Waals surface area contributed by atoms with E-state index >= 15 is 0 Å². The number of aromatic nitrogens is 1. The fourth-order valence-corrected chi connectivity index (χ4v) is 2.07. The third-order valence-electron chi connectivity index (χ3n) is 2.59. The molecule has 2 rings (SSSR count). The van der Waals surface area contributed by atoms with Crippen LogP contribution in [-0.4, -0.2) is 24.7 Å². The number of hydrogen-bond acceptors (Lipinski definition) is 4. The number of hydrogen-bond donors (Lipinski definition) is 0. The van der Waals surface area contributed by atoms with E-state index in [1.165, 1.54) is 7.11 Å². The van der Waals surface area contributed by atoms with Crippen LogP contribution in [0, 0.1) is 0 Å². The number of rotatable bonds is 4. The lowest BCUT2D eigenvalue weighted by atomic mass is 10.2. The van der Waals surface area contributed by atoms with Crippen LogP contribution in [0.15, 0.2) is 28.7 Å². The predicted octanol–water partition coefficient (Wildman–Crippen LogP) is 3.57. The Labute approximate surface area is 119 Å². The molecule has 5 heteroatoms. The minimum atomic E-state index is -0.467. The van der Waals surface area contributed by atoms with Gasteiger partial charge in [-0.2, -0.15) is 0 Å². The molecular weight excluding hydrogens is 310 g/mol. The number of methoxy groups -OCH3 is 1. The molecule has 0 unspecified atom stereocenters. The van der Waals surface area contributed by atoms with Crippen molar-refractivity contribution in [2.45, 2.75) is 13.3 Å². The maximum Gasteiger partial charge on any atom is 0.356 e. The highest BCUT2D eigenvalue weighted by molar-refractivity contribution is 9.10. The number of carbonyl (C=O) groups excluding carboxylic acids is 1. The lowest BCUT2D eigenvalue weighted by Crippen LogP contribution is -2.06. The fraction of sp³-hybridized carbons (Fsp3) is 0.286. The van der Waals surface area contributed by atoms with Crippen molar-refractivity contribution < 1.29 is 14.3 Å². The Hall–Kier alpha value is -1.62. The van der Waals surface area contributed by atoms with Gasteiger partial charge in [-0.05, 0) is 24.6 Å². The first-order chi connectivity index (χ1) is 9.15. The van der Waals surface area contributed by atoms with E-state index in [9.17, 15) is 4.79 Å². The zero-order chi connectivity index (χ0) is 13.8. The molecule has 0 aliphatic rings. The van der Waals surface area contributed by atoms with Crippen molar-refractivity contribution in [3.05, 3.63) is 34.4 Å². The number of pyridine rings is 1. The molecule has 0 N–H and O–H groups in total. The van der Waals surface area contributed by atoms with Crippen LogP contribution in [0.2, 0.25) is 0 Å². The Balaban J connectivity index is 2.58. The molecule has 0 atom stereocenters. The van der Waals surface area contributed by atoms with Crippen LogP contribution in [0.25, 0.3) is 10.9 Å². The maximum absolute atomic E-state index is 11.6. The van der Waals surface area contributed by atoms with E-state index < -0.39 is 5.97 Å². The van der Waals surface area contributed by atoms with Crippen molar-refractivity contribution in [1.29, 1.82) is 0 Å². The first-order valence-electron chi connectivity index (χ1n) is 5.97. The lowest BCUT2D eigenvalue weighted by Gasteiger charge is -2.10. The summed E-state index contributed by atoms with van der Waals surface area (Å²) in [4.78, 5) is 15.9. The van der Waals surface area contributed by atoms with Crippen LogP contribution in [0.5, 0.6) is 5.75 Å². The SMILES string of the molecule is CCCOc1cc(C(=O)OC)nc2ccc(Br)cc12. The normalized spacial score (nSPS) is 10.5. The number of carbonyl (C=O) groups is 1. The maximum atomic E-state index is 11.6. The van der Waals surface area contributed by atoms with Crippen molar-refractivity contribution in [3.8, 4) is 5.75 Å². The summed E-state index contributed by atoms with van der Waals surface area (Å²) in [5.74, 6) is 0.180. The standard InChI is InChI=1S/C14H14BrNO3/c1-3-6-19-13-8-12(14(17)18-2)16-11-5-4-9(15)7-10(11)13/h4-5,7-8H,3,6H2,1-2H3. The summed E-state index contributed by atoms with van der Waals surface area (Å²) < 4.78 is 11.3. The smallest absolute Gasteiger partial charge is 0.356 e. The molecule has 0 fully saturated rings. The Morgan fingerprint density at radius 3 is 2.84 bits per heavy atom. The molecule has 4 nitrogen and oxygen atoms in total. The number of benzene rings is 1. The van der Waals surface area contributed by atoms with E-state index in [0.29, 0.717) is 17.9 Å². The molecule has 19 heavy (non-hydrogen) atoms. The molecule has 0 saturated heterocycles. The summed E-state index contributed by atoms with van der Waals surface area (Å²) in [6.07, 6.45) is 0.894. The molecule has 1 aromatic carbocycles. The van der Waals surface area contributed by atoms with Crippen LogP contribution in [-0.2, 0) is 4.74 Å². The second-order valence-electron chi connectivity index (χ2n) is 4.01. The topological polar surface area (TPSA) is 48.4 Å². The summed E-state index contributed by atoms with van der Waals surface area (Å²) >= 11 is 3.42. The van der Waals surface area contributed by atoms with Gasteiger partial charge < -0.3 is 9.47 Å². The van der Waals surface area contributed by atoms with Gasteiger partial charge in [-0.3, -0.25) is 0 Å². The molecule has 1 heterocycles. The summed E-state index contributed by atoms with van der Waals surface area (Å²) in [7, 11) is 1.34. The zero-order valence-electron chi connectivity index (χ0n) is 10.8. The van der Waals surface area contributed by atoms with Crippen LogP contribution in [0.4, 0.5) is 0 Å². The largest absolute Gasteiger partial charge is 0.493 e. The lowest BCUT2D eigenvalue weighted by molar-refractivity contribution is 0.0594. The summed E-state index contributed by atoms with van der Waals surface area (Å²) in [6.45, 7) is 2.62. The number of nitrogens with zero attached hydrogens (tertiary/aromatic N) is 1. The molecule has 2 aromatic rings. The highest BCUT2D eigenvalue weighted by Crippen LogP contribution is 2.28. The molecule has 0 radical (unpaired) electrons. The average Bonchev–Trinajstić information content (AvgIpc) is 2.43. The molecular formula is C14H14BrNO3. The third-order valence-corrected chi connectivity index (χ3v) is 3.08. The van der Waals surface area contributed by atoms with Gasteiger partial charge in [0.1, 0.15) is 5.75 Å². The molecule has 1 aromatic heterocycles. The molecule has 100 valence electrons. The highest BCUT2D eigenvalue weighted by Gasteiger charge is 2.13. The van der Waals surface area contributed by atoms with E-state index in [-0.39, 0.29) is 5.69 Å². The van der Waals surface area contributed by atoms with E-state index in [0.717, 1.165) is 16.3 Å². The van der Waals surface area contributed by atoms with Gasteiger partial charge in [-0.25, -0.2) is 9.78 Å². The minimum Gasteiger partial charge on any atom is -0.493 e. The van der Waals surface area contributed by atoms with Crippen molar-refractivity contribution in [2.24, 2.45) is 0 Å². The Morgan fingerprint density at radius 2 is 2.16 bits per heavy atom. The first-order valence-corrected chi connectivity index (χ1v) is 6.76. The van der Waals surface area contributed by atoms with Crippen LogP contribution < -0.4 is 4.74 Å². The number of fused-ring (bicyclic) bond motifs is 1. The summed E-state index contributed by atoms with van der Waals surface area (Å²) in [5, 5.41) is 0.871. The van der Waals surface area contributed by atoms with E-state index in [1.807, 2.05) is 25.1 Å². The van der Waals surface area contributed by atoms with E-state index in [4.69, 9.17) is 9.47 Å². The number of halogens is 1. The van der Waals surface area contributed by atoms with Gasteiger partial charge in [0.15, 0.2) is 5.69 Å². The second-order valence-corrected chi connectivity index (χ2v) is 4.92. The van der Waals surface area contributed by atoms with Crippen LogP contribution >= 0.6 is 15.9 Å². The average molecular weight is 324 g/mol. The zero-order valence-corrected chi connectivity index (χ0v) is 12.4. The van der Waals surface area contributed by atoms with Gasteiger partial charge in [0.05, 0.1) is 19.2 Å². The predicted molar refractivity (Wildman–Crippen MR) is 76.6 cm³/mol.